The first-order chi connectivity index (χ1) is 15.1. The lowest BCUT2D eigenvalue weighted by molar-refractivity contribution is -0.355. The van der Waals surface area contributed by atoms with Gasteiger partial charge in [0.05, 0.1) is 11.9 Å². The van der Waals surface area contributed by atoms with Gasteiger partial charge in [-0.25, -0.2) is 28.1 Å². The summed E-state index contributed by atoms with van der Waals surface area (Å²) >= 11 is 0. The molecule has 3 rings (SSSR count). The van der Waals surface area contributed by atoms with Crippen molar-refractivity contribution in [3.63, 3.8) is 0 Å². The fraction of sp³-hybridized carbons (Fsp3) is 0.333. The normalized spacial score (nSPS) is 14.5. The van der Waals surface area contributed by atoms with Crippen molar-refractivity contribution in [3.8, 4) is 11.3 Å². The lowest BCUT2D eigenvalue weighted by atomic mass is 9.89. The van der Waals surface area contributed by atoms with Crippen LogP contribution < -0.4 is 5.73 Å². The standard InChI is InChI=1S/C18H14F7N5O3/c1-7-3-4-9(16(32,14(19)20)18(24,25)33-15(31)17(21,22)23)5-10(7)11-6-27-13-12(26)28-8(2)29-30(11)13/h3-6,14,32H,1-2H3,(H2,26,28,29). The maximum absolute atomic E-state index is 14.4. The van der Waals surface area contributed by atoms with E-state index in [1.807, 2.05) is 0 Å². The van der Waals surface area contributed by atoms with Gasteiger partial charge in [0, 0.05) is 11.1 Å². The number of rotatable bonds is 5. The van der Waals surface area contributed by atoms with Crippen molar-refractivity contribution in [2.24, 2.45) is 0 Å². The highest BCUT2D eigenvalue weighted by atomic mass is 19.4. The van der Waals surface area contributed by atoms with Crippen molar-refractivity contribution in [2.75, 3.05) is 5.73 Å². The number of carbonyl (C=O) groups excluding carboxylic acids is 1. The summed E-state index contributed by atoms with van der Waals surface area (Å²) < 4.78 is 97.4. The average molecular weight is 481 g/mol. The van der Waals surface area contributed by atoms with E-state index in [0.717, 1.165) is 10.6 Å². The Morgan fingerprint density at radius 2 is 1.82 bits per heavy atom. The van der Waals surface area contributed by atoms with E-state index in [1.54, 1.807) is 0 Å². The smallest absolute Gasteiger partial charge is 0.391 e. The molecular weight excluding hydrogens is 467 g/mol. The molecule has 2 heterocycles. The Morgan fingerprint density at radius 1 is 1.18 bits per heavy atom. The Hall–Kier alpha value is -3.49. The second-order valence-corrected chi connectivity index (χ2v) is 6.92. The average Bonchev–Trinajstić information content (AvgIpc) is 3.10. The molecule has 1 unspecified atom stereocenters. The first kappa shape index (κ1) is 24.2. The van der Waals surface area contributed by atoms with Crippen LogP contribution in [0.5, 0.6) is 0 Å². The summed E-state index contributed by atoms with van der Waals surface area (Å²) in [6.45, 7) is 2.94. The third-order valence-corrected chi connectivity index (χ3v) is 4.66. The van der Waals surface area contributed by atoms with Crippen LogP contribution in [-0.4, -0.2) is 49.4 Å². The molecule has 0 aliphatic heterocycles. The largest absolute Gasteiger partial charge is 0.491 e. The fourth-order valence-corrected chi connectivity index (χ4v) is 3.00. The number of aliphatic hydroxyl groups is 1. The molecular formula is C18H14F7N5O3. The zero-order chi connectivity index (χ0) is 24.9. The van der Waals surface area contributed by atoms with Crippen LogP contribution in [0.2, 0.25) is 0 Å². The van der Waals surface area contributed by atoms with E-state index in [2.05, 4.69) is 19.8 Å². The number of carbonyl (C=O) groups is 1. The van der Waals surface area contributed by atoms with E-state index in [1.165, 1.54) is 20.0 Å². The molecule has 0 saturated carbocycles. The van der Waals surface area contributed by atoms with Gasteiger partial charge in [-0.1, -0.05) is 12.1 Å². The number of hydrogen-bond acceptors (Lipinski definition) is 7. The quantitative estimate of drug-likeness (QED) is 0.425. The number of alkyl halides is 7. The van der Waals surface area contributed by atoms with Gasteiger partial charge in [0.2, 0.25) is 0 Å². The van der Waals surface area contributed by atoms with Crippen molar-refractivity contribution in [2.45, 2.75) is 38.2 Å². The van der Waals surface area contributed by atoms with E-state index >= 15 is 0 Å². The summed E-state index contributed by atoms with van der Waals surface area (Å²) in [7, 11) is 0. The number of anilines is 1. The minimum atomic E-state index is -5.92. The van der Waals surface area contributed by atoms with Crippen LogP contribution >= 0.6 is 0 Å². The Kier molecular flexibility index (Phi) is 5.73. The van der Waals surface area contributed by atoms with E-state index in [-0.39, 0.29) is 28.5 Å². The van der Waals surface area contributed by atoms with Gasteiger partial charge in [0.15, 0.2) is 11.5 Å². The minimum Gasteiger partial charge on any atom is -0.391 e. The number of aryl methyl sites for hydroxylation is 2. The Morgan fingerprint density at radius 3 is 2.39 bits per heavy atom. The van der Waals surface area contributed by atoms with E-state index in [4.69, 9.17) is 5.73 Å². The lowest BCUT2D eigenvalue weighted by Gasteiger charge is -2.34. The predicted octanol–water partition coefficient (Wildman–Crippen LogP) is 3.14. The number of halogens is 7. The number of benzene rings is 1. The topological polar surface area (TPSA) is 116 Å². The van der Waals surface area contributed by atoms with Gasteiger partial charge in [0.1, 0.15) is 5.82 Å². The molecule has 0 spiro atoms. The number of hydrogen-bond donors (Lipinski definition) is 2. The van der Waals surface area contributed by atoms with Crippen LogP contribution in [0.15, 0.2) is 24.4 Å². The van der Waals surface area contributed by atoms with Gasteiger partial charge in [-0.15, -0.1) is 0 Å². The Bertz CT molecular complexity index is 1230. The summed E-state index contributed by atoms with van der Waals surface area (Å²) in [6, 6.07) is 2.36. The molecule has 0 saturated heterocycles. The predicted molar refractivity (Wildman–Crippen MR) is 97.1 cm³/mol. The Balaban J connectivity index is 2.19. The maximum atomic E-state index is 14.4. The van der Waals surface area contributed by atoms with Crippen molar-refractivity contribution < 1.29 is 45.4 Å². The van der Waals surface area contributed by atoms with Crippen LogP contribution in [-0.2, 0) is 15.1 Å². The van der Waals surface area contributed by atoms with Gasteiger partial charge >= 0.3 is 18.3 Å². The van der Waals surface area contributed by atoms with Crippen LogP contribution in [0.1, 0.15) is 17.0 Å². The highest BCUT2D eigenvalue weighted by molar-refractivity contribution is 5.76. The van der Waals surface area contributed by atoms with Crippen LogP contribution in [0.4, 0.5) is 36.6 Å². The molecule has 0 bridgehead atoms. The molecule has 0 radical (unpaired) electrons. The molecule has 1 atom stereocenters. The van der Waals surface area contributed by atoms with Crippen LogP contribution in [0, 0.1) is 13.8 Å². The van der Waals surface area contributed by atoms with E-state index in [0.29, 0.717) is 17.7 Å². The van der Waals surface area contributed by atoms with Crippen molar-refractivity contribution >= 4 is 17.4 Å². The molecule has 2 aromatic heterocycles. The molecule has 178 valence electrons. The number of imidazole rings is 1. The molecule has 3 aromatic rings. The molecule has 0 fully saturated rings. The summed E-state index contributed by atoms with van der Waals surface area (Å²) in [4.78, 5) is 18.8. The summed E-state index contributed by atoms with van der Waals surface area (Å²) in [5.74, 6) is -3.32. The molecule has 0 aliphatic rings. The van der Waals surface area contributed by atoms with Gasteiger partial charge in [-0.3, -0.25) is 0 Å². The minimum absolute atomic E-state index is 0.0442. The van der Waals surface area contributed by atoms with Gasteiger partial charge in [-0.2, -0.15) is 27.1 Å². The number of ether oxygens (including phenoxy) is 1. The number of nitrogens with two attached hydrogens (primary N) is 1. The number of esters is 1. The van der Waals surface area contributed by atoms with Crippen LogP contribution in [0.25, 0.3) is 16.9 Å². The molecule has 33 heavy (non-hydrogen) atoms. The third kappa shape index (κ3) is 4.03. The summed E-state index contributed by atoms with van der Waals surface area (Å²) in [5.41, 5.74) is 0.272. The van der Waals surface area contributed by atoms with Crippen molar-refractivity contribution in [1.82, 2.24) is 19.6 Å². The third-order valence-electron chi connectivity index (χ3n) is 4.66. The SMILES string of the molecule is Cc1nc(N)c2ncc(-c3cc(C(O)(C(F)F)C(F)(F)OC(=O)C(F)(F)F)ccc3C)n2n1. The maximum Gasteiger partial charge on any atom is 0.491 e. The molecule has 3 N–H and O–H groups in total. The van der Waals surface area contributed by atoms with Gasteiger partial charge in [-0.05, 0) is 25.5 Å². The van der Waals surface area contributed by atoms with Crippen molar-refractivity contribution in [3.05, 3.63) is 41.3 Å². The fourth-order valence-electron chi connectivity index (χ4n) is 3.00. The number of fused-ring (bicyclic) bond motifs is 1. The van der Waals surface area contributed by atoms with Crippen LogP contribution in [0.3, 0.4) is 0 Å². The zero-order valence-corrected chi connectivity index (χ0v) is 16.7. The second-order valence-electron chi connectivity index (χ2n) is 6.92. The molecule has 8 nitrogen and oxygen atoms in total. The number of nitrogens with zero attached hydrogens (tertiary/aromatic N) is 4. The van der Waals surface area contributed by atoms with E-state index < -0.39 is 35.8 Å². The van der Waals surface area contributed by atoms with Crippen molar-refractivity contribution in [1.29, 1.82) is 0 Å². The molecule has 0 amide bonds. The molecule has 1 aromatic carbocycles. The second kappa shape index (κ2) is 7.83. The van der Waals surface area contributed by atoms with E-state index in [9.17, 15) is 40.6 Å². The highest BCUT2D eigenvalue weighted by Crippen LogP contribution is 2.45. The van der Waals surface area contributed by atoms with Gasteiger partial charge < -0.3 is 15.6 Å². The number of aromatic nitrogens is 4. The lowest BCUT2D eigenvalue weighted by Crippen LogP contribution is -2.54. The number of nitrogen functional groups attached to an aromatic ring is 1. The Labute approximate surface area is 179 Å². The first-order valence-electron chi connectivity index (χ1n) is 8.87. The highest BCUT2D eigenvalue weighted by Gasteiger charge is 2.65. The summed E-state index contributed by atoms with van der Waals surface area (Å²) in [6.07, 6.45) is -14.8. The summed E-state index contributed by atoms with van der Waals surface area (Å²) in [5, 5.41) is 14.3. The molecule has 15 heteroatoms. The van der Waals surface area contributed by atoms with Gasteiger partial charge in [0.25, 0.3) is 12.0 Å². The monoisotopic (exact) mass is 481 g/mol. The molecule has 0 aliphatic carbocycles. The zero-order valence-electron chi connectivity index (χ0n) is 16.7. The first-order valence-corrected chi connectivity index (χ1v) is 8.87.